The van der Waals surface area contributed by atoms with Gasteiger partial charge < -0.3 is 19.7 Å². The second kappa shape index (κ2) is 8.34. The number of carbonyl (C=O) groups excluding carboxylic acids is 1. The van der Waals surface area contributed by atoms with Crippen molar-refractivity contribution < 1.29 is 23.1 Å². The lowest BCUT2D eigenvalue weighted by molar-refractivity contribution is -0.126. The Hall–Kier alpha value is -2.69. The minimum absolute atomic E-state index is 0.226. The summed E-state index contributed by atoms with van der Waals surface area (Å²) in [7, 11) is -2.26. The molecule has 3 heterocycles. The highest BCUT2D eigenvalue weighted by Gasteiger charge is 2.58. The van der Waals surface area contributed by atoms with E-state index in [1.807, 2.05) is 6.07 Å². The average Bonchev–Trinajstić information content (AvgIpc) is 3.28. The summed E-state index contributed by atoms with van der Waals surface area (Å²) in [5, 5.41) is 12.8. The number of ether oxygens (including phenoxy) is 1. The highest BCUT2D eigenvalue weighted by atomic mass is 32.2. The summed E-state index contributed by atoms with van der Waals surface area (Å²) < 4.78 is 33.5. The molecular formula is C22H27N3O6S. The van der Waals surface area contributed by atoms with Crippen LogP contribution < -0.4 is 15.6 Å². The smallest absolute Gasteiger partial charge is 0.258 e. The van der Waals surface area contributed by atoms with Crippen LogP contribution in [0.3, 0.4) is 0 Å². The van der Waals surface area contributed by atoms with Gasteiger partial charge in [0.1, 0.15) is 11.8 Å². The van der Waals surface area contributed by atoms with Crippen molar-refractivity contribution in [2.75, 3.05) is 26.5 Å². The second-order valence-corrected chi connectivity index (χ2v) is 10.1. The number of hydrogen-bond acceptors (Lipinski definition) is 6. The summed E-state index contributed by atoms with van der Waals surface area (Å²) in [6, 6.07) is 8.87. The van der Waals surface area contributed by atoms with E-state index in [1.54, 1.807) is 48.9 Å². The molecule has 1 amide bonds. The van der Waals surface area contributed by atoms with Gasteiger partial charge in [0, 0.05) is 42.8 Å². The maximum absolute atomic E-state index is 13.4. The van der Waals surface area contributed by atoms with Gasteiger partial charge in [0.25, 0.3) is 5.56 Å². The van der Waals surface area contributed by atoms with E-state index < -0.39 is 39.8 Å². The van der Waals surface area contributed by atoms with Gasteiger partial charge in [0.05, 0.1) is 19.4 Å². The Kier molecular flexibility index (Phi) is 5.87. The van der Waals surface area contributed by atoms with Gasteiger partial charge >= 0.3 is 0 Å². The Morgan fingerprint density at radius 2 is 2.03 bits per heavy atom. The molecule has 10 heteroatoms. The monoisotopic (exact) mass is 461 g/mol. The van der Waals surface area contributed by atoms with Crippen LogP contribution in [0.2, 0.25) is 0 Å². The predicted octanol–water partition coefficient (Wildman–Crippen LogP) is 0.583. The number of likely N-dealkylation sites (N-methyl/N-ethyl adjacent to an activating group) is 1. The molecule has 2 N–H and O–H groups in total. The zero-order chi connectivity index (χ0) is 23.2. The van der Waals surface area contributed by atoms with E-state index in [9.17, 15) is 23.1 Å². The molecule has 4 rings (SSSR count). The number of nitrogens with zero attached hydrogens (tertiary/aromatic N) is 2. The van der Waals surface area contributed by atoms with E-state index in [4.69, 9.17) is 4.74 Å². The minimum Gasteiger partial charge on any atom is -0.497 e. The van der Waals surface area contributed by atoms with Crippen molar-refractivity contribution in [3.8, 4) is 16.9 Å². The zero-order valence-corrected chi connectivity index (χ0v) is 19.0. The molecule has 2 aromatic rings. The Bertz CT molecular complexity index is 1210. The van der Waals surface area contributed by atoms with E-state index in [0.717, 1.165) is 6.26 Å². The molecule has 0 aliphatic carbocycles. The quantitative estimate of drug-likeness (QED) is 0.650. The number of sulfonamides is 1. The lowest BCUT2D eigenvalue weighted by Gasteiger charge is -2.28. The van der Waals surface area contributed by atoms with E-state index in [0.29, 0.717) is 29.1 Å². The zero-order valence-electron chi connectivity index (χ0n) is 18.2. The van der Waals surface area contributed by atoms with E-state index >= 15 is 0 Å². The summed E-state index contributed by atoms with van der Waals surface area (Å²) in [6.07, 6.45) is 1.06. The molecular weight excluding hydrogens is 434 g/mol. The van der Waals surface area contributed by atoms with Crippen LogP contribution in [-0.4, -0.2) is 60.9 Å². The van der Waals surface area contributed by atoms with Crippen molar-refractivity contribution in [3.63, 3.8) is 0 Å². The average molecular weight is 462 g/mol. The molecule has 0 radical (unpaired) electrons. The van der Waals surface area contributed by atoms with Gasteiger partial charge in [0.2, 0.25) is 15.9 Å². The summed E-state index contributed by atoms with van der Waals surface area (Å²) in [6.45, 7) is 1.96. The van der Waals surface area contributed by atoms with Crippen molar-refractivity contribution in [1.29, 1.82) is 0 Å². The molecule has 1 aromatic carbocycles. The number of fused-ring (bicyclic) bond motifs is 3. The van der Waals surface area contributed by atoms with Crippen LogP contribution in [0, 0.1) is 11.8 Å². The van der Waals surface area contributed by atoms with Crippen LogP contribution >= 0.6 is 0 Å². The lowest BCUT2D eigenvalue weighted by atomic mass is 9.88. The SMILES string of the molecule is CCNC(=O)[C@H]1[C@H](CO)[C@H]2Cn3c(ccc(-c4cccc(OC)c4)c3=O)[C@H]2N1S(C)(=O)=O. The number of pyridine rings is 1. The molecule has 4 atom stereocenters. The molecule has 32 heavy (non-hydrogen) atoms. The van der Waals surface area contributed by atoms with Gasteiger partial charge in [-0.15, -0.1) is 0 Å². The maximum atomic E-state index is 13.4. The fraction of sp³-hybridized carbons (Fsp3) is 0.455. The number of aliphatic hydroxyl groups is 1. The first-order valence-electron chi connectivity index (χ1n) is 10.5. The molecule has 1 saturated heterocycles. The number of amides is 1. The van der Waals surface area contributed by atoms with E-state index in [1.165, 1.54) is 4.31 Å². The number of carbonyl (C=O) groups is 1. The second-order valence-electron chi connectivity index (χ2n) is 8.21. The van der Waals surface area contributed by atoms with Crippen LogP contribution in [0.5, 0.6) is 5.75 Å². The highest BCUT2D eigenvalue weighted by molar-refractivity contribution is 7.88. The van der Waals surface area contributed by atoms with Gasteiger partial charge in [-0.3, -0.25) is 9.59 Å². The number of methoxy groups -OCH3 is 1. The Balaban J connectivity index is 1.83. The van der Waals surface area contributed by atoms with Gasteiger partial charge in [-0.05, 0) is 36.8 Å². The highest BCUT2D eigenvalue weighted by Crippen LogP contribution is 2.50. The normalized spacial score (nSPS) is 24.8. The van der Waals surface area contributed by atoms with Gasteiger partial charge in [-0.2, -0.15) is 4.31 Å². The number of aliphatic hydroxyl groups excluding tert-OH is 1. The van der Waals surface area contributed by atoms with Crippen LogP contribution in [0.4, 0.5) is 0 Å². The van der Waals surface area contributed by atoms with Gasteiger partial charge in [0.15, 0.2) is 0 Å². The number of hydrogen-bond donors (Lipinski definition) is 2. The van der Waals surface area contributed by atoms with Gasteiger partial charge in [-0.1, -0.05) is 12.1 Å². The molecule has 1 aromatic heterocycles. The number of aromatic nitrogens is 1. The van der Waals surface area contributed by atoms with Crippen LogP contribution in [-0.2, 0) is 21.4 Å². The number of rotatable bonds is 6. The fourth-order valence-corrected chi connectivity index (χ4v) is 6.44. The van der Waals surface area contributed by atoms with Crippen LogP contribution in [0.15, 0.2) is 41.2 Å². The molecule has 0 spiro atoms. The molecule has 0 saturated carbocycles. The minimum atomic E-state index is -3.81. The third-order valence-electron chi connectivity index (χ3n) is 6.41. The summed E-state index contributed by atoms with van der Waals surface area (Å²) in [5.41, 5.74) is 1.45. The number of benzene rings is 1. The Labute approximate surface area is 186 Å². The summed E-state index contributed by atoms with van der Waals surface area (Å²) >= 11 is 0. The third-order valence-corrected chi connectivity index (χ3v) is 7.63. The standard InChI is InChI=1S/C22H27N3O6S/c1-4-23-21(27)20-17(12-26)16-11-24-18(19(16)25(20)32(3,29)30)9-8-15(22(24)28)13-6-5-7-14(10-13)31-2/h5-10,16-17,19-20,26H,4,11-12H2,1-3H3,(H,23,27)/t16-,17-,19+,20-/m1/s1. The molecule has 172 valence electrons. The molecule has 2 aliphatic heterocycles. The predicted molar refractivity (Wildman–Crippen MR) is 119 cm³/mol. The molecule has 0 bridgehead atoms. The van der Waals surface area contributed by atoms with Gasteiger partial charge in [-0.25, -0.2) is 8.42 Å². The van der Waals surface area contributed by atoms with Crippen molar-refractivity contribution in [1.82, 2.24) is 14.2 Å². The fourth-order valence-electron chi connectivity index (χ4n) is 5.10. The molecule has 9 nitrogen and oxygen atoms in total. The summed E-state index contributed by atoms with van der Waals surface area (Å²) in [4.78, 5) is 26.1. The number of nitrogens with one attached hydrogen (secondary N) is 1. The topological polar surface area (TPSA) is 118 Å². The Morgan fingerprint density at radius 1 is 1.28 bits per heavy atom. The van der Waals surface area contributed by atoms with Crippen molar-refractivity contribution in [2.24, 2.45) is 11.8 Å². The van der Waals surface area contributed by atoms with Crippen LogP contribution in [0.1, 0.15) is 18.7 Å². The third kappa shape index (κ3) is 3.52. The van der Waals surface area contributed by atoms with E-state index in [-0.39, 0.29) is 18.7 Å². The summed E-state index contributed by atoms with van der Waals surface area (Å²) in [5.74, 6) is -0.831. The van der Waals surface area contributed by atoms with Crippen molar-refractivity contribution >= 4 is 15.9 Å². The molecule has 0 unspecified atom stereocenters. The largest absolute Gasteiger partial charge is 0.497 e. The molecule has 2 aliphatic rings. The lowest BCUT2D eigenvalue weighted by Crippen LogP contribution is -2.50. The first-order valence-corrected chi connectivity index (χ1v) is 12.3. The van der Waals surface area contributed by atoms with E-state index in [2.05, 4.69) is 5.32 Å². The van der Waals surface area contributed by atoms with Crippen molar-refractivity contribution in [3.05, 3.63) is 52.4 Å². The van der Waals surface area contributed by atoms with Crippen molar-refractivity contribution in [2.45, 2.75) is 25.6 Å². The maximum Gasteiger partial charge on any atom is 0.258 e. The molecule has 1 fully saturated rings. The van der Waals surface area contributed by atoms with Crippen LogP contribution in [0.25, 0.3) is 11.1 Å². The first-order chi connectivity index (χ1) is 15.2. The Morgan fingerprint density at radius 3 is 2.66 bits per heavy atom. The first kappa shape index (κ1) is 22.5.